The molecule has 0 fully saturated rings. The highest BCUT2D eigenvalue weighted by atomic mass is 32.2. The van der Waals surface area contributed by atoms with Crippen LogP contribution in [0.1, 0.15) is 55.9 Å². The van der Waals surface area contributed by atoms with Crippen LogP contribution in [0.5, 0.6) is 5.75 Å². The number of aromatic nitrogens is 1. The van der Waals surface area contributed by atoms with Crippen LogP contribution in [-0.4, -0.2) is 18.9 Å². The largest absolute Gasteiger partial charge is 0.534 e. The van der Waals surface area contributed by atoms with Gasteiger partial charge in [0.25, 0.3) is 0 Å². The van der Waals surface area contributed by atoms with Crippen LogP contribution in [0.4, 0.5) is 13.2 Å². The minimum absolute atomic E-state index is 0.315. The molecule has 0 N–H and O–H groups in total. The van der Waals surface area contributed by atoms with Crippen LogP contribution < -0.4 is 4.18 Å². The molecule has 0 spiro atoms. The topological polar surface area (TPSA) is 56.3 Å². The summed E-state index contributed by atoms with van der Waals surface area (Å²) in [5.74, 6) is -0.333. The van der Waals surface area contributed by atoms with Gasteiger partial charge in [0.15, 0.2) is 0 Å². The summed E-state index contributed by atoms with van der Waals surface area (Å²) in [6.45, 7) is 7.73. The van der Waals surface area contributed by atoms with Crippen molar-refractivity contribution < 1.29 is 25.8 Å². The minimum Gasteiger partial charge on any atom is -0.376 e. The Morgan fingerprint density at radius 2 is 1.47 bits per heavy atom. The Kier molecular flexibility index (Phi) is 7.41. The van der Waals surface area contributed by atoms with Crippen LogP contribution in [0.3, 0.4) is 0 Å². The molecule has 0 aliphatic rings. The lowest BCUT2D eigenvalue weighted by molar-refractivity contribution is -0.0500. The fourth-order valence-corrected chi connectivity index (χ4v) is 4.78. The van der Waals surface area contributed by atoms with E-state index in [4.69, 9.17) is 0 Å². The van der Waals surface area contributed by atoms with E-state index in [0.29, 0.717) is 5.56 Å². The van der Waals surface area contributed by atoms with Crippen molar-refractivity contribution in [3.8, 4) is 16.9 Å². The summed E-state index contributed by atoms with van der Waals surface area (Å²) in [5.41, 5.74) is -0.376. The van der Waals surface area contributed by atoms with Crippen LogP contribution >= 0.6 is 0 Å². The molecule has 0 saturated carbocycles. The zero-order chi connectivity index (χ0) is 25.1. The second-order valence-electron chi connectivity index (χ2n) is 8.27. The lowest BCUT2D eigenvalue weighted by Crippen LogP contribution is -2.29. The average Bonchev–Trinajstić information content (AvgIpc) is 2.81. The molecule has 4 nitrogen and oxygen atoms in total. The molecule has 0 bridgehead atoms. The predicted molar refractivity (Wildman–Crippen MR) is 127 cm³/mol. The third-order valence-electron chi connectivity index (χ3n) is 6.39. The second kappa shape index (κ2) is 9.78. The molecule has 0 aliphatic carbocycles. The van der Waals surface area contributed by atoms with Crippen LogP contribution in [0.25, 0.3) is 11.1 Å². The van der Waals surface area contributed by atoms with Gasteiger partial charge in [0.05, 0.1) is 0 Å². The number of benzene rings is 2. The molecule has 3 rings (SSSR count). The maximum absolute atomic E-state index is 12.7. The number of halogens is 3. The Hall–Kier alpha value is -2.87. The number of hydrogen-bond acceptors (Lipinski definition) is 4. The smallest absolute Gasteiger partial charge is 0.376 e. The van der Waals surface area contributed by atoms with Gasteiger partial charge in [0.1, 0.15) is 5.75 Å². The van der Waals surface area contributed by atoms with Gasteiger partial charge in [-0.15, -0.1) is 0 Å². The summed E-state index contributed by atoms with van der Waals surface area (Å²) in [5, 5.41) is 0. The zero-order valence-electron chi connectivity index (χ0n) is 19.6. The van der Waals surface area contributed by atoms with Gasteiger partial charge in [-0.05, 0) is 66.1 Å². The number of alkyl halides is 3. The van der Waals surface area contributed by atoms with Crippen molar-refractivity contribution in [2.24, 2.45) is 0 Å². The van der Waals surface area contributed by atoms with Crippen molar-refractivity contribution in [1.29, 1.82) is 0 Å². The lowest BCUT2D eigenvalue weighted by atomic mass is 9.70. The molecule has 8 heteroatoms. The quantitative estimate of drug-likeness (QED) is 0.253. The van der Waals surface area contributed by atoms with E-state index in [0.717, 1.165) is 47.1 Å². The second-order valence-corrected chi connectivity index (χ2v) is 9.80. The molecule has 1 heterocycles. The first-order valence-corrected chi connectivity index (χ1v) is 12.5. The summed E-state index contributed by atoms with van der Waals surface area (Å²) in [4.78, 5) is 4.32. The predicted octanol–water partition coefficient (Wildman–Crippen LogP) is 6.95. The maximum Gasteiger partial charge on any atom is 0.534 e. The van der Waals surface area contributed by atoms with Gasteiger partial charge >= 0.3 is 15.6 Å². The Morgan fingerprint density at radius 3 is 2.00 bits per heavy atom. The molecule has 0 unspecified atom stereocenters. The van der Waals surface area contributed by atoms with Gasteiger partial charge in [-0.1, -0.05) is 57.2 Å². The van der Waals surface area contributed by atoms with Crippen LogP contribution in [0.2, 0.25) is 0 Å². The monoisotopic (exact) mass is 491 g/mol. The van der Waals surface area contributed by atoms with Gasteiger partial charge in [0.2, 0.25) is 0 Å². The van der Waals surface area contributed by atoms with E-state index in [1.807, 2.05) is 24.5 Å². The van der Waals surface area contributed by atoms with Gasteiger partial charge in [-0.2, -0.15) is 21.6 Å². The molecule has 3 aromatic rings. The van der Waals surface area contributed by atoms with E-state index in [2.05, 4.69) is 48.1 Å². The SMILES string of the molecule is CCc1cncc(-c2ccc(C(CC)(CC)c3ccc(OS(=O)(=O)C(F)(F)F)c(C)c3)cc2)c1. The van der Waals surface area contributed by atoms with E-state index in [-0.39, 0.29) is 5.75 Å². The molecular weight excluding hydrogens is 463 g/mol. The summed E-state index contributed by atoms with van der Waals surface area (Å²) in [7, 11) is -5.73. The van der Waals surface area contributed by atoms with E-state index < -0.39 is 21.0 Å². The molecule has 0 radical (unpaired) electrons. The number of pyridine rings is 1. The molecule has 0 aliphatic heterocycles. The van der Waals surface area contributed by atoms with E-state index in [9.17, 15) is 21.6 Å². The summed E-state index contributed by atoms with van der Waals surface area (Å²) >= 11 is 0. The summed E-state index contributed by atoms with van der Waals surface area (Å²) in [6.07, 6.45) is 6.08. The Balaban J connectivity index is 1.98. The number of rotatable bonds is 8. The van der Waals surface area contributed by atoms with Crippen LogP contribution in [0, 0.1) is 6.92 Å². The first-order chi connectivity index (χ1) is 16.0. The Labute approximate surface area is 198 Å². The van der Waals surface area contributed by atoms with Crippen molar-refractivity contribution >= 4 is 10.1 Å². The Morgan fingerprint density at radius 1 is 0.853 bits per heavy atom. The number of hydrogen-bond donors (Lipinski definition) is 0. The fraction of sp³-hybridized carbons (Fsp3) is 0.346. The highest BCUT2D eigenvalue weighted by Crippen LogP contribution is 2.41. The van der Waals surface area contributed by atoms with Crippen molar-refractivity contribution in [2.75, 3.05) is 0 Å². The molecule has 0 amide bonds. The molecule has 2 aromatic carbocycles. The van der Waals surface area contributed by atoms with Gasteiger partial charge in [0, 0.05) is 23.4 Å². The zero-order valence-corrected chi connectivity index (χ0v) is 20.4. The van der Waals surface area contributed by atoms with Crippen molar-refractivity contribution in [3.05, 3.63) is 83.2 Å². The van der Waals surface area contributed by atoms with E-state index in [1.165, 1.54) is 13.0 Å². The Bertz CT molecular complexity index is 1250. The standard InChI is InChI=1S/C26H28F3NO3S/c1-5-19-15-21(17-30-16-19)20-8-10-22(11-9-20)25(6-2,7-3)23-12-13-24(18(4)14-23)33-34(31,32)26(27,28)29/h8-17H,5-7H2,1-4H3. The van der Waals surface area contributed by atoms with E-state index in [1.54, 1.807) is 12.1 Å². The average molecular weight is 492 g/mol. The molecule has 0 atom stereocenters. The van der Waals surface area contributed by atoms with Gasteiger partial charge < -0.3 is 4.18 Å². The first kappa shape index (κ1) is 25.7. The number of nitrogens with zero attached hydrogens (tertiary/aromatic N) is 1. The van der Waals surface area contributed by atoms with Crippen LogP contribution in [-0.2, 0) is 22.0 Å². The van der Waals surface area contributed by atoms with Crippen molar-refractivity contribution in [2.45, 2.75) is 57.9 Å². The van der Waals surface area contributed by atoms with Gasteiger partial charge in [-0.3, -0.25) is 4.98 Å². The highest BCUT2D eigenvalue weighted by Gasteiger charge is 2.48. The molecule has 182 valence electrons. The summed E-state index contributed by atoms with van der Waals surface area (Å²) < 4.78 is 65.4. The van der Waals surface area contributed by atoms with Crippen molar-refractivity contribution in [3.63, 3.8) is 0 Å². The van der Waals surface area contributed by atoms with Gasteiger partial charge in [-0.25, -0.2) is 0 Å². The lowest BCUT2D eigenvalue weighted by Gasteiger charge is -2.34. The summed E-state index contributed by atoms with van der Waals surface area (Å²) in [6, 6.07) is 15.0. The molecular formula is C26H28F3NO3S. The van der Waals surface area contributed by atoms with Crippen molar-refractivity contribution in [1.82, 2.24) is 4.98 Å². The fourth-order valence-electron chi connectivity index (χ4n) is 4.26. The maximum atomic E-state index is 12.7. The first-order valence-electron chi connectivity index (χ1n) is 11.1. The highest BCUT2D eigenvalue weighted by molar-refractivity contribution is 7.88. The third-order valence-corrected chi connectivity index (χ3v) is 7.36. The molecule has 34 heavy (non-hydrogen) atoms. The molecule has 1 aromatic heterocycles. The molecule has 0 saturated heterocycles. The number of aryl methyl sites for hydroxylation is 2. The minimum atomic E-state index is -5.73. The van der Waals surface area contributed by atoms with E-state index >= 15 is 0 Å². The third kappa shape index (κ3) is 4.97. The van der Waals surface area contributed by atoms with Crippen LogP contribution in [0.15, 0.2) is 60.9 Å². The normalized spacial score (nSPS) is 12.6.